The molecule has 0 unspecified atom stereocenters. The summed E-state index contributed by atoms with van der Waals surface area (Å²) in [6.07, 6.45) is 2.53. The molecule has 1 N–H and O–H groups in total. The van der Waals surface area contributed by atoms with E-state index in [0.29, 0.717) is 0 Å². The Kier molecular flexibility index (Phi) is 2.50. The number of hydrogen-bond acceptors (Lipinski definition) is 2. The minimum Gasteiger partial charge on any atom is -0.392 e. The molecule has 0 spiro atoms. The summed E-state index contributed by atoms with van der Waals surface area (Å²) in [6.45, 7) is 0.0978. The number of hydrogen-bond donors (Lipinski definition) is 1. The van der Waals surface area contributed by atoms with Gasteiger partial charge in [-0.3, -0.25) is 4.99 Å². The van der Waals surface area contributed by atoms with E-state index >= 15 is 0 Å². The molecule has 0 saturated heterocycles. The first-order valence-electron chi connectivity index (χ1n) is 5.71. The van der Waals surface area contributed by atoms with Gasteiger partial charge in [0.25, 0.3) is 0 Å². The SMILES string of the molecule is OCC1=CN=C(c2ccc3ccccc3c2)C1. The average Bonchev–Trinajstić information content (AvgIpc) is 2.87. The standard InChI is InChI=1S/C15H13NO/c17-10-11-7-15(16-9-11)14-6-5-12-3-1-2-4-13(12)8-14/h1-6,8-9,17H,7,10H2. The smallest absolute Gasteiger partial charge is 0.0663 e. The second kappa shape index (κ2) is 4.15. The van der Waals surface area contributed by atoms with Crippen molar-refractivity contribution < 1.29 is 5.11 Å². The molecule has 1 aliphatic heterocycles. The maximum atomic E-state index is 9.06. The summed E-state index contributed by atoms with van der Waals surface area (Å²) in [7, 11) is 0. The molecule has 0 aliphatic carbocycles. The van der Waals surface area contributed by atoms with Gasteiger partial charge in [0.05, 0.1) is 12.3 Å². The number of rotatable bonds is 2. The predicted octanol–water partition coefficient (Wildman–Crippen LogP) is 2.91. The van der Waals surface area contributed by atoms with Crippen LogP contribution in [0.1, 0.15) is 12.0 Å². The maximum Gasteiger partial charge on any atom is 0.0663 e. The van der Waals surface area contributed by atoms with E-state index in [0.717, 1.165) is 23.3 Å². The minimum absolute atomic E-state index is 0.0978. The molecule has 0 saturated carbocycles. The van der Waals surface area contributed by atoms with Crippen LogP contribution in [0.2, 0.25) is 0 Å². The Hall–Kier alpha value is -1.93. The summed E-state index contributed by atoms with van der Waals surface area (Å²) in [6, 6.07) is 14.7. The quantitative estimate of drug-likeness (QED) is 0.834. The highest BCUT2D eigenvalue weighted by atomic mass is 16.3. The Balaban J connectivity index is 1.98. The average molecular weight is 223 g/mol. The molecule has 0 bridgehead atoms. The van der Waals surface area contributed by atoms with Gasteiger partial charge in [0.1, 0.15) is 0 Å². The van der Waals surface area contributed by atoms with Crippen molar-refractivity contribution in [1.29, 1.82) is 0 Å². The summed E-state index contributed by atoms with van der Waals surface area (Å²) in [5, 5.41) is 11.5. The van der Waals surface area contributed by atoms with Crippen LogP contribution in [-0.2, 0) is 0 Å². The minimum atomic E-state index is 0.0978. The Morgan fingerprint density at radius 3 is 2.65 bits per heavy atom. The highest BCUT2D eigenvalue weighted by molar-refractivity contribution is 6.06. The molecule has 0 amide bonds. The number of aliphatic hydroxyl groups excluding tert-OH is 1. The lowest BCUT2D eigenvalue weighted by molar-refractivity contribution is 0.330. The van der Waals surface area contributed by atoms with Crippen LogP contribution >= 0.6 is 0 Å². The monoisotopic (exact) mass is 223 g/mol. The first-order chi connectivity index (χ1) is 8.36. The summed E-state index contributed by atoms with van der Waals surface area (Å²) in [4.78, 5) is 4.36. The highest BCUT2D eigenvalue weighted by Crippen LogP contribution is 2.21. The van der Waals surface area contributed by atoms with E-state index in [9.17, 15) is 0 Å². The highest BCUT2D eigenvalue weighted by Gasteiger charge is 2.11. The summed E-state index contributed by atoms with van der Waals surface area (Å²) < 4.78 is 0. The predicted molar refractivity (Wildman–Crippen MR) is 70.3 cm³/mol. The summed E-state index contributed by atoms with van der Waals surface area (Å²) in [5.41, 5.74) is 3.16. The molecule has 2 nitrogen and oxygen atoms in total. The number of aliphatic imine (C=N–C) groups is 1. The van der Waals surface area contributed by atoms with Crippen molar-refractivity contribution in [2.75, 3.05) is 6.61 Å². The molecule has 0 atom stereocenters. The van der Waals surface area contributed by atoms with E-state index in [1.807, 2.05) is 12.1 Å². The Morgan fingerprint density at radius 1 is 1.06 bits per heavy atom. The van der Waals surface area contributed by atoms with Crippen molar-refractivity contribution in [3.8, 4) is 0 Å². The van der Waals surface area contributed by atoms with Crippen molar-refractivity contribution in [1.82, 2.24) is 0 Å². The molecule has 2 aromatic rings. The van der Waals surface area contributed by atoms with Crippen molar-refractivity contribution in [2.45, 2.75) is 6.42 Å². The topological polar surface area (TPSA) is 32.6 Å². The second-order valence-corrected chi connectivity index (χ2v) is 4.26. The molecule has 0 aromatic heterocycles. The van der Waals surface area contributed by atoms with Crippen LogP contribution < -0.4 is 0 Å². The van der Waals surface area contributed by atoms with Gasteiger partial charge in [-0.15, -0.1) is 0 Å². The van der Waals surface area contributed by atoms with E-state index in [4.69, 9.17) is 5.11 Å². The van der Waals surface area contributed by atoms with Crippen LogP contribution in [0.5, 0.6) is 0 Å². The first kappa shape index (κ1) is 10.2. The third-order valence-electron chi connectivity index (χ3n) is 3.08. The van der Waals surface area contributed by atoms with E-state index in [1.165, 1.54) is 10.8 Å². The van der Waals surface area contributed by atoms with Gasteiger partial charge in [0.15, 0.2) is 0 Å². The lowest BCUT2D eigenvalue weighted by Gasteiger charge is -2.04. The van der Waals surface area contributed by atoms with Gasteiger partial charge in [0.2, 0.25) is 0 Å². The number of benzene rings is 2. The van der Waals surface area contributed by atoms with Gasteiger partial charge < -0.3 is 5.11 Å². The Bertz CT molecular complexity index is 626. The molecule has 1 aliphatic rings. The van der Waals surface area contributed by atoms with Crippen molar-refractivity contribution in [3.05, 3.63) is 59.8 Å². The van der Waals surface area contributed by atoms with Gasteiger partial charge in [-0.05, 0) is 28.0 Å². The summed E-state index contributed by atoms with van der Waals surface area (Å²) in [5.74, 6) is 0. The lowest BCUT2D eigenvalue weighted by Crippen LogP contribution is -1.99. The van der Waals surface area contributed by atoms with Crippen molar-refractivity contribution >= 4 is 16.5 Å². The number of fused-ring (bicyclic) bond motifs is 1. The maximum absolute atomic E-state index is 9.06. The largest absolute Gasteiger partial charge is 0.392 e. The Morgan fingerprint density at radius 2 is 1.88 bits per heavy atom. The molecule has 2 aromatic carbocycles. The van der Waals surface area contributed by atoms with Gasteiger partial charge in [-0.2, -0.15) is 0 Å². The van der Waals surface area contributed by atoms with E-state index in [-0.39, 0.29) is 6.61 Å². The fourth-order valence-electron chi connectivity index (χ4n) is 2.12. The third kappa shape index (κ3) is 1.87. The number of nitrogens with zero attached hydrogens (tertiary/aromatic N) is 1. The van der Waals surface area contributed by atoms with Crippen LogP contribution in [-0.4, -0.2) is 17.4 Å². The van der Waals surface area contributed by atoms with Crippen LogP contribution in [0.4, 0.5) is 0 Å². The van der Waals surface area contributed by atoms with Crippen LogP contribution in [0.25, 0.3) is 10.8 Å². The van der Waals surface area contributed by atoms with E-state index in [2.05, 4.69) is 35.3 Å². The van der Waals surface area contributed by atoms with Gasteiger partial charge in [0, 0.05) is 12.6 Å². The van der Waals surface area contributed by atoms with E-state index < -0.39 is 0 Å². The lowest BCUT2D eigenvalue weighted by atomic mass is 10.0. The third-order valence-corrected chi connectivity index (χ3v) is 3.08. The second-order valence-electron chi connectivity index (χ2n) is 4.26. The van der Waals surface area contributed by atoms with Crippen LogP contribution in [0.15, 0.2) is 59.2 Å². The molecule has 0 fully saturated rings. The Labute approximate surface area is 99.9 Å². The molecule has 1 heterocycles. The normalized spacial score (nSPS) is 14.9. The number of aliphatic hydroxyl groups is 1. The molecule has 0 radical (unpaired) electrons. The van der Waals surface area contributed by atoms with Crippen molar-refractivity contribution in [3.63, 3.8) is 0 Å². The molecule has 17 heavy (non-hydrogen) atoms. The molecular weight excluding hydrogens is 210 g/mol. The molecule has 3 rings (SSSR count). The van der Waals surface area contributed by atoms with Crippen LogP contribution in [0.3, 0.4) is 0 Å². The van der Waals surface area contributed by atoms with Gasteiger partial charge in [-0.1, -0.05) is 36.4 Å². The fourth-order valence-corrected chi connectivity index (χ4v) is 2.12. The first-order valence-corrected chi connectivity index (χ1v) is 5.71. The van der Waals surface area contributed by atoms with Gasteiger partial charge in [-0.25, -0.2) is 0 Å². The zero-order chi connectivity index (χ0) is 11.7. The van der Waals surface area contributed by atoms with Crippen LogP contribution in [0, 0.1) is 0 Å². The fraction of sp³-hybridized carbons (Fsp3) is 0.133. The zero-order valence-electron chi connectivity index (χ0n) is 9.43. The molecule has 2 heteroatoms. The molecular formula is C15H13NO. The molecule has 84 valence electrons. The van der Waals surface area contributed by atoms with Gasteiger partial charge >= 0.3 is 0 Å². The zero-order valence-corrected chi connectivity index (χ0v) is 9.43. The van der Waals surface area contributed by atoms with E-state index in [1.54, 1.807) is 6.20 Å². The summed E-state index contributed by atoms with van der Waals surface area (Å²) >= 11 is 0. The van der Waals surface area contributed by atoms with Crippen molar-refractivity contribution in [2.24, 2.45) is 4.99 Å².